The van der Waals surface area contributed by atoms with E-state index in [1.54, 1.807) is 0 Å². The minimum Gasteiger partial charge on any atom is -0.300 e. The van der Waals surface area contributed by atoms with Gasteiger partial charge in [0.15, 0.2) is 0 Å². The summed E-state index contributed by atoms with van der Waals surface area (Å²) in [6.07, 6.45) is 9.85. The Balaban J connectivity index is 1.37. The van der Waals surface area contributed by atoms with Crippen LogP contribution in [0.15, 0.2) is 79.3 Å². The summed E-state index contributed by atoms with van der Waals surface area (Å²) < 4.78 is 1.92. The Kier molecular flexibility index (Phi) is 5.59. The van der Waals surface area contributed by atoms with Gasteiger partial charge < -0.3 is 5.32 Å². The van der Waals surface area contributed by atoms with Gasteiger partial charge >= 0.3 is 0 Å². The highest BCUT2D eigenvalue weighted by Gasteiger charge is 2.26. The highest BCUT2D eigenvalue weighted by Crippen LogP contribution is 2.32. The first-order valence-corrected chi connectivity index (χ1v) is 11.0. The first-order chi connectivity index (χ1) is 15.3. The second-order valence-corrected chi connectivity index (χ2v) is 8.22. The van der Waals surface area contributed by atoms with Crippen LogP contribution in [0.25, 0.3) is 5.69 Å². The third-order valence-electron chi connectivity index (χ3n) is 6.07. The van der Waals surface area contributed by atoms with Gasteiger partial charge in [-0.2, -0.15) is 5.10 Å². The van der Waals surface area contributed by atoms with Crippen molar-refractivity contribution in [2.75, 3.05) is 0 Å². The van der Waals surface area contributed by atoms with Crippen molar-refractivity contribution in [3.8, 4) is 5.69 Å². The fourth-order valence-corrected chi connectivity index (χ4v) is 4.53. The van der Waals surface area contributed by atoms with Gasteiger partial charge in [-0.1, -0.05) is 30.3 Å². The van der Waals surface area contributed by atoms with Crippen molar-refractivity contribution in [1.29, 1.82) is 0 Å². The van der Waals surface area contributed by atoms with Gasteiger partial charge in [0, 0.05) is 36.7 Å². The number of benzene rings is 1. The molecule has 0 unspecified atom stereocenters. The van der Waals surface area contributed by atoms with Gasteiger partial charge in [0.2, 0.25) is 0 Å². The molecule has 1 aromatic carbocycles. The zero-order chi connectivity index (χ0) is 21.0. The molecular weight excluding hydrogens is 382 g/mol. The fraction of sp³-hybridized carbons (Fsp3) is 0.269. The molecule has 0 spiro atoms. The summed E-state index contributed by atoms with van der Waals surface area (Å²) in [6, 6.07) is 21.4. The molecule has 4 heterocycles. The van der Waals surface area contributed by atoms with Crippen molar-refractivity contribution in [2.45, 2.75) is 44.7 Å². The summed E-state index contributed by atoms with van der Waals surface area (Å²) >= 11 is 0. The summed E-state index contributed by atoms with van der Waals surface area (Å²) in [7, 11) is 0. The van der Waals surface area contributed by atoms with E-state index in [2.05, 4.69) is 70.9 Å². The van der Waals surface area contributed by atoms with Gasteiger partial charge in [-0.05, 0) is 67.6 Å². The summed E-state index contributed by atoms with van der Waals surface area (Å²) in [5, 5.41) is 8.22. The Bertz CT molecular complexity index is 1150. The average molecular weight is 410 g/mol. The van der Waals surface area contributed by atoms with Crippen molar-refractivity contribution in [2.24, 2.45) is 0 Å². The molecule has 5 nitrogen and oxygen atoms in total. The molecule has 0 saturated carbocycles. The maximum atomic E-state index is 5.05. The first kappa shape index (κ1) is 19.6. The Morgan fingerprint density at radius 3 is 2.71 bits per heavy atom. The number of aryl methyl sites for hydroxylation is 1. The summed E-state index contributed by atoms with van der Waals surface area (Å²) in [5.41, 5.74) is 6.92. The van der Waals surface area contributed by atoms with Crippen molar-refractivity contribution < 1.29 is 0 Å². The Hall–Kier alpha value is -3.31. The standard InChI is InChI=1S/C26H27N5/c1-19-8-6-15-27-26(19)24-13-5-12-23(30-24)22-11-4-10-21(29-22)18-20-9-2-3-14-25(20)31-17-7-16-28-31/h2-4,6-11,14-17,23-24,30H,5,12-13,18H2,1H3/t23-,24+/m1/s1. The normalized spacial score (nSPS) is 18.7. The number of rotatable bonds is 5. The van der Waals surface area contributed by atoms with Gasteiger partial charge in [-0.3, -0.25) is 9.97 Å². The van der Waals surface area contributed by atoms with E-state index in [0.29, 0.717) is 0 Å². The lowest BCUT2D eigenvalue weighted by Gasteiger charge is -2.31. The minimum atomic E-state index is 0.251. The van der Waals surface area contributed by atoms with Crippen molar-refractivity contribution in [1.82, 2.24) is 25.1 Å². The number of pyridine rings is 2. The molecule has 0 aliphatic carbocycles. The van der Waals surface area contributed by atoms with E-state index in [0.717, 1.165) is 42.0 Å². The molecule has 4 aromatic rings. The van der Waals surface area contributed by atoms with Crippen LogP contribution in [0.4, 0.5) is 0 Å². The third-order valence-corrected chi connectivity index (χ3v) is 6.07. The first-order valence-electron chi connectivity index (χ1n) is 11.0. The fourth-order valence-electron chi connectivity index (χ4n) is 4.53. The van der Waals surface area contributed by atoms with Crippen molar-refractivity contribution in [3.63, 3.8) is 0 Å². The molecule has 3 aromatic heterocycles. The lowest BCUT2D eigenvalue weighted by molar-refractivity contribution is 0.320. The molecule has 0 radical (unpaired) electrons. The van der Waals surface area contributed by atoms with Gasteiger partial charge in [-0.25, -0.2) is 4.68 Å². The smallest absolute Gasteiger partial charge is 0.0681 e. The van der Waals surface area contributed by atoms with Crippen LogP contribution < -0.4 is 5.32 Å². The van der Waals surface area contributed by atoms with Gasteiger partial charge in [0.05, 0.1) is 23.1 Å². The predicted molar refractivity (Wildman–Crippen MR) is 122 cm³/mol. The Morgan fingerprint density at radius 1 is 0.935 bits per heavy atom. The molecular formula is C26H27N5. The maximum absolute atomic E-state index is 5.05. The van der Waals surface area contributed by atoms with Crippen LogP contribution in [0.5, 0.6) is 0 Å². The van der Waals surface area contributed by atoms with Crippen LogP contribution in [-0.2, 0) is 6.42 Å². The van der Waals surface area contributed by atoms with E-state index in [4.69, 9.17) is 4.98 Å². The van der Waals surface area contributed by atoms with E-state index in [1.165, 1.54) is 17.5 Å². The number of hydrogen-bond donors (Lipinski definition) is 1. The zero-order valence-corrected chi connectivity index (χ0v) is 17.8. The van der Waals surface area contributed by atoms with Crippen LogP contribution in [0.1, 0.15) is 59.6 Å². The van der Waals surface area contributed by atoms with E-state index in [9.17, 15) is 0 Å². The molecule has 2 atom stereocenters. The average Bonchev–Trinajstić information content (AvgIpc) is 3.35. The molecule has 1 saturated heterocycles. The monoisotopic (exact) mass is 409 g/mol. The lowest BCUT2D eigenvalue weighted by Crippen LogP contribution is -2.32. The second-order valence-electron chi connectivity index (χ2n) is 8.22. The highest BCUT2D eigenvalue weighted by molar-refractivity contribution is 5.42. The summed E-state index contributed by atoms with van der Waals surface area (Å²) in [6.45, 7) is 2.14. The lowest BCUT2D eigenvalue weighted by atomic mass is 9.92. The van der Waals surface area contributed by atoms with Gasteiger partial charge in [0.1, 0.15) is 0 Å². The molecule has 1 fully saturated rings. The van der Waals surface area contributed by atoms with E-state index >= 15 is 0 Å². The minimum absolute atomic E-state index is 0.251. The molecule has 156 valence electrons. The molecule has 1 N–H and O–H groups in total. The zero-order valence-electron chi connectivity index (χ0n) is 17.8. The molecule has 5 heteroatoms. The van der Waals surface area contributed by atoms with E-state index in [-0.39, 0.29) is 12.1 Å². The molecule has 31 heavy (non-hydrogen) atoms. The Morgan fingerprint density at radius 2 is 1.84 bits per heavy atom. The molecule has 0 bridgehead atoms. The quantitative estimate of drug-likeness (QED) is 0.497. The van der Waals surface area contributed by atoms with Crippen LogP contribution in [0.2, 0.25) is 0 Å². The van der Waals surface area contributed by atoms with Gasteiger partial charge in [-0.15, -0.1) is 0 Å². The molecule has 5 rings (SSSR count). The maximum Gasteiger partial charge on any atom is 0.0681 e. The van der Waals surface area contributed by atoms with Crippen LogP contribution in [0, 0.1) is 6.92 Å². The van der Waals surface area contributed by atoms with Crippen molar-refractivity contribution in [3.05, 3.63) is 107 Å². The third kappa shape index (κ3) is 4.28. The SMILES string of the molecule is Cc1cccnc1[C@@H]1CCC[C@H](c2cccc(Cc3ccccc3-n3cccn3)n2)N1. The predicted octanol–water partition coefficient (Wildman–Crippen LogP) is 5.12. The van der Waals surface area contributed by atoms with Crippen molar-refractivity contribution >= 4 is 0 Å². The van der Waals surface area contributed by atoms with E-state index in [1.807, 2.05) is 35.4 Å². The van der Waals surface area contributed by atoms with E-state index < -0.39 is 0 Å². The number of nitrogens with zero attached hydrogens (tertiary/aromatic N) is 4. The number of aromatic nitrogens is 4. The summed E-state index contributed by atoms with van der Waals surface area (Å²) in [4.78, 5) is 9.70. The number of hydrogen-bond acceptors (Lipinski definition) is 4. The van der Waals surface area contributed by atoms with Crippen LogP contribution >= 0.6 is 0 Å². The largest absolute Gasteiger partial charge is 0.300 e. The van der Waals surface area contributed by atoms with Crippen LogP contribution in [0.3, 0.4) is 0 Å². The number of nitrogens with one attached hydrogen (secondary N) is 1. The topological polar surface area (TPSA) is 55.6 Å². The van der Waals surface area contributed by atoms with Crippen LogP contribution in [-0.4, -0.2) is 19.7 Å². The molecule has 1 aliphatic heterocycles. The number of piperidine rings is 1. The second kappa shape index (κ2) is 8.82. The summed E-state index contributed by atoms with van der Waals surface area (Å²) in [5.74, 6) is 0. The van der Waals surface area contributed by atoms with Gasteiger partial charge in [0.25, 0.3) is 0 Å². The molecule has 1 aliphatic rings. The molecule has 0 amide bonds. The highest BCUT2D eigenvalue weighted by atomic mass is 15.3. The number of para-hydroxylation sites is 1. The Labute approximate surface area is 183 Å².